The molecule has 6 nitrogen and oxygen atoms in total. The van der Waals surface area contributed by atoms with Crippen LogP contribution in [-0.4, -0.2) is 68.2 Å². The zero-order valence-corrected chi connectivity index (χ0v) is 21.7. The molecule has 1 N–H and O–H groups in total. The molecular formula is C26H39FN2O4Si. The summed E-state index contributed by atoms with van der Waals surface area (Å²) in [7, 11) is -3.06. The number of amides is 2. The van der Waals surface area contributed by atoms with Crippen LogP contribution in [0.15, 0.2) is 24.3 Å². The van der Waals surface area contributed by atoms with E-state index in [1.165, 1.54) is 0 Å². The maximum atomic E-state index is 15.4. The molecule has 3 heterocycles. The lowest BCUT2D eigenvalue weighted by molar-refractivity contribution is -0.135. The Morgan fingerprint density at radius 1 is 1.24 bits per heavy atom. The molecule has 0 unspecified atom stereocenters. The average molecular weight is 491 g/mol. The van der Waals surface area contributed by atoms with Crippen molar-refractivity contribution >= 4 is 25.9 Å². The monoisotopic (exact) mass is 490 g/mol. The number of anilines is 1. The summed E-state index contributed by atoms with van der Waals surface area (Å²) in [6, 6.07) is 8.00. The second-order valence-electron chi connectivity index (χ2n) is 10.8. The Hall–Kier alpha value is -1.77. The van der Waals surface area contributed by atoms with E-state index in [2.05, 4.69) is 19.1 Å². The summed E-state index contributed by atoms with van der Waals surface area (Å²) in [6.07, 6.45) is 4.45. The standard InChI is InChI=1S/C26H39FN2O4Si/c1-18-22(12-11-19-7-4-8-20(15-19)28-14-6-10-24(28)31)33-23(26(18)34(2,3)27)16-25(32)29-13-5-9-21(29)17-30/h4,7-8,15,18,21-23,26,30H,5-6,9-14,16-17H2,1-3H3/t18-,21+,22+,23-,26+/m1/s1. The summed E-state index contributed by atoms with van der Waals surface area (Å²) in [5, 5.41) is 9.59. The van der Waals surface area contributed by atoms with E-state index in [-0.39, 0.29) is 48.4 Å². The van der Waals surface area contributed by atoms with E-state index in [1.807, 2.05) is 17.0 Å². The maximum Gasteiger partial charge on any atom is 0.246 e. The van der Waals surface area contributed by atoms with Gasteiger partial charge in [0.2, 0.25) is 20.2 Å². The first-order valence-electron chi connectivity index (χ1n) is 12.8. The molecule has 34 heavy (non-hydrogen) atoms. The summed E-state index contributed by atoms with van der Waals surface area (Å²) in [6.45, 7) is 6.92. The first-order chi connectivity index (χ1) is 16.2. The van der Waals surface area contributed by atoms with Crippen molar-refractivity contribution in [1.82, 2.24) is 4.90 Å². The van der Waals surface area contributed by atoms with E-state index in [1.54, 1.807) is 18.0 Å². The first kappa shape index (κ1) is 25.3. The number of aliphatic hydroxyl groups is 1. The van der Waals surface area contributed by atoms with Crippen LogP contribution >= 0.6 is 0 Å². The third-order valence-corrected chi connectivity index (χ3v) is 10.5. The molecule has 3 aliphatic rings. The third kappa shape index (κ3) is 5.39. The minimum Gasteiger partial charge on any atom is -0.394 e. The molecule has 0 aromatic heterocycles. The van der Waals surface area contributed by atoms with Gasteiger partial charge in [-0.25, -0.2) is 0 Å². The van der Waals surface area contributed by atoms with Gasteiger partial charge in [0.1, 0.15) is 0 Å². The number of hydrogen-bond donors (Lipinski definition) is 1. The molecule has 0 aliphatic carbocycles. The molecule has 1 aromatic carbocycles. The quantitative estimate of drug-likeness (QED) is 0.441. The predicted molar refractivity (Wildman–Crippen MR) is 133 cm³/mol. The van der Waals surface area contributed by atoms with Crippen molar-refractivity contribution in [3.05, 3.63) is 29.8 Å². The first-order valence-corrected chi connectivity index (χ1v) is 15.8. The number of ether oxygens (including phenoxy) is 1. The highest BCUT2D eigenvalue weighted by Gasteiger charge is 2.52. The van der Waals surface area contributed by atoms with Gasteiger partial charge in [0.15, 0.2) is 0 Å². The van der Waals surface area contributed by atoms with Crippen molar-refractivity contribution in [2.75, 3.05) is 24.6 Å². The van der Waals surface area contributed by atoms with Crippen LogP contribution in [0.5, 0.6) is 0 Å². The van der Waals surface area contributed by atoms with Crippen molar-refractivity contribution in [2.45, 2.75) is 88.8 Å². The normalized spacial score (nSPS) is 29.9. The fourth-order valence-corrected chi connectivity index (χ4v) is 8.87. The van der Waals surface area contributed by atoms with Crippen molar-refractivity contribution in [2.24, 2.45) is 5.92 Å². The van der Waals surface area contributed by atoms with Crippen LogP contribution in [-0.2, 0) is 20.7 Å². The number of aliphatic hydroxyl groups excluding tert-OH is 1. The average Bonchev–Trinajstić information content (AvgIpc) is 3.50. The van der Waals surface area contributed by atoms with Crippen LogP contribution < -0.4 is 4.90 Å². The lowest BCUT2D eigenvalue weighted by Gasteiger charge is -2.30. The molecular weight excluding hydrogens is 451 g/mol. The second-order valence-corrected chi connectivity index (χ2v) is 14.6. The Bertz CT molecular complexity index is 892. The van der Waals surface area contributed by atoms with E-state index in [4.69, 9.17) is 4.74 Å². The lowest BCUT2D eigenvalue weighted by atomic mass is 9.95. The van der Waals surface area contributed by atoms with Crippen LogP contribution in [0.2, 0.25) is 18.6 Å². The number of hydrogen-bond acceptors (Lipinski definition) is 4. The van der Waals surface area contributed by atoms with Gasteiger partial charge in [-0.3, -0.25) is 9.59 Å². The molecule has 0 radical (unpaired) electrons. The van der Waals surface area contributed by atoms with Gasteiger partial charge in [-0.05, 0) is 68.8 Å². The van der Waals surface area contributed by atoms with Gasteiger partial charge in [-0.1, -0.05) is 19.1 Å². The Kier molecular flexibility index (Phi) is 7.79. The molecule has 3 aliphatic heterocycles. The van der Waals surface area contributed by atoms with Crippen molar-refractivity contribution in [1.29, 1.82) is 0 Å². The lowest BCUT2D eigenvalue weighted by Crippen LogP contribution is -2.42. The van der Waals surface area contributed by atoms with Gasteiger partial charge in [-0.2, -0.15) is 0 Å². The Morgan fingerprint density at radius 2 is 2.03 bits per heavy atom. The molecule has 188 valence electrons. The second kappa shape index (κ2) is 10.5. The third-order valence-electron chi connectivity index (χ3n) is 7.99. The number of carbonyl (C=O) groups is 2. The highest BCUT2D eigenvalue weighted by Crippen LogP contribution is 2.47. The van der Waals surface area contributed by atoms with E-state index < -0.39 is 14.5 Å². The number of halogens is 1. The maximum absolute atomic E-state index is 15.4. The molecule has 0 spiro atoms. The van der Waals surface area contributed by atoms with E-state index in [9.17, 15) is 14.7 Å². The smallest absolute Gasteiger partial charge is 0.246 e. The molecule has 5 atom stereocenters. The van der Waals surface area contributed by atoms with Crippen molar-refractivity contribution in [3.8, 4) is 0 Å². The van der Waals surface area contributed by atoms with Crippen molar-refractivity contribution in [3.63, 3.8) is 0 Å². The Balaban J connectivity index is 1.41. The molecule has 4 rings (SSSR count). The minimum absolute atomic E-state index is 0.0227. The molecule has 8 heteroatoms. The number of rotatable bonds is 8. The fourth-order valence-electron chi connectivity index (χ4n) is 6.33. The highest BCUT2D eigenvalue weighted by molar-refractivity contribution is 6.72. The van der Waals surface area contributed by atoms with E-state index in [0.29, 0.717) is 13.0 Å². The van der Waals surface area contributed by atoms with Gasteiger partial charge in [0.05, 0.1) is 31.3 Å². The van der Waals surface area contributed by atoms with Gasteiger partial charge in [0, 0.05) is 30.7 Å². The minimum atomic E-state index is -3.06. The Labute approximate surface area is 203 Å². The number of likely N-dealkylation sites (tertiary alicyclic amines) is 1. The topological polar surface area (TPSA) is 70.1 Å². The molecule has 3 fully saturated rings. The number of nitrogens with zero attached hydrogens (tertiary/aromatic N) is 2. The molecule has 0 saturated carbocycles. The van der Waals surface area contributed by atoms with Crippen LogP contribution in [0, 0.1) is 5.92 Å². The highest BCUT2D eigenvalue weighted by atomic mass is 28.4. The largest absolute Gasteiger partial charge is 0.394 e. The Morgan fingerprint density at radius 3 is 2.71 bits per heavy atom. The van der Waals surface area contributed by atoms with Crippen LogP contribution in [0.4, 0.5) is 9.80 Å². The summed E-state index contributed by atoms with van der Waals surface area (Å²) in [4.78, 5) is 28.7. The number of carbonyl (C=O) groups excluding carboxylic acids is 2. The number of aryl methyl sites for hydroxylation is 1. The predicted octanol–water partition coefficient (Wildman–Crippen LogP) is 4.07. The zero-order valence-electron chi connectivity index (χ0n) is 20.7. The van der Waals surface area contributed by atoms with Gasteiger partial charge >= 0.3 is 0 Å². The van der Waals surface area contributed by atoms with Crippen LogP contribution in [0.1, 0.15) is 51.0 Å². The van der Waals surface area contributed by atoms with Crippen LogP contribution in [0.25, 0.3) is 0 Å². The van der Waals surface area contributed by atoms with E-state index in [0.717, 1.165) is 49.9 Å². The summed E-state index contributed by atoms with van der Waals surface area (Å²) in [5.74, 6) is 0.192. The fraction of sp³-hybridized carbons (Fsp3) is 0.692. The van der Waals surface area contributed by atoms with Gasteiger partial charge in [0.25, 0.3) is 0 Å². The zero-order chi connectivity index (χ0) is 24.5. The summed E-state index contributed by atoms with van der Waals surface area (Å²) < 4.78 is 21.8. The number of benzene rings is 1. The van der Waals surface area contributed by atoms with Crippen molar-refractivity contribution < 1.29 is 23.5 Å². The van der Waals surface area contributed by atoms with E-state index >= 15 is 4.11 Å². The molecule has 1 aromatic rings. The van der Waals surface area contributed by atoms with Crippen LogP contribution in [0.3, 0.4) is 0 Å². The van der Waals surface area contributed by atoms with Gasteiger partial charge < -0.3 is 23.8 Å². The SMILES string of the molecule is C[C@H]1[C@H]([Si](C)(C)F)[C@@H](CC(=O)N2CCC[C@H]2CO)O[C@H]1CCc1cccc(N2CCCC2=O)c1. The summed E-state index contributed by atoms with van der Waals surface area (Å²) >= 11 is 0. The molecule has 3 saturated heterocycles. The van der Waals surface area contributed by atoms with Gasteiger partial charge in [-0.15, -0.1) is 0 Å². The molecule has 0 bridgehead atoms. The molecule has 2 amide bonds. The summed E-state index contributed by atoms with van der Waals surface area (Å²) in [5.41, 5.74) is 1.86.